The quantitative estimate of drug-likeness (QED) is 0.736. The molecule has 1 saturated heterocycles. The Labute approximate surface area is 161 Å². The van der Waals surface area contributed by atoms with Crippen LogP contribution in [0.2, 0.25) is 0 Å². The average molecular weight is 380 g/mol. The van der Waals surface area contributed by atoms with Gasteiger partial charge in [-0.15, -0.1) is 21.5 Å². The maximum Gasteiger partial charge on any atom is 0.229 e. The number of carbonyl (C=O) groups is 1. The number of amides is 1. The second-order valence-corrected chi connectivity index (χ2v) is 7.29. The van der Waals surface area contributed by atoms with Crippen LogP contribution in [0.25, 0.3) is 11.3 Å². The van der Waals surface area contributed by atoms with Gasteiger partial charge in [0.25, 0.3) is 0 Å². The minimum Gasteiger partial charge on any atom is -0.378 e. The van der Waals surface area contributed by atoms with Crippen molar-refractivity contribution in [1.82, 2.24) is 10.2 Å². The number of ether oxygens (including phenoxy) is 1. The molecule has 0 atom stereocenters. The van der Waals surface area contributed by atoms with Crippen molar-refractivity contribution in [3.05, 3.63) is 58.8 Å². The standard InChI is InChI=1S/C20H20N4O2S/c25-20(14-17-5-2-12-27-17)21-16-4-1-3-15(13-16)18-6-7-19(23-22-18)24-8-10-26-11-9-24/h1-7,12-13H,8-11,14H2,(H,21,25). The topological polar surface area (TPSA) is 67.4 Å². The first-order valence-corrected chi connectivity index (χ1v) is 9.75. The van der Waals surface area contributed by atoms with Crippen molar-refractivity contribution in [2.24, 2.45) is 0 Å². The Morgan fingerprint density at radius 2 is 2.00 bits per heavy atom. The van der Waals surface area contributed by atoms with Gasteiger partial charge in [0.2, 0.25) is 5.91 Å². The van der Waals surface area contributed by atoms with Crippen LogP contribution in [0, 0.1) is 0 Å². The normalized spacial score (nSPS) is 14.1. The van der Waals surface area contributed by atoms with Gasteiger partial charge in [0.15, 0.2) is 5.82 Å². The Balaban J connectivity index is 1.44. The van der Waals surface area contributed by atoms with Gasteiger partial charge in [-0.25, -0.2) is 0 Å². The number of morpholine rings is 1. The summed E-state index contributed by atoms with van der Waals surface area (Å²) in [6, 6.07) is 15.5. The van der Waals surface area contributed by atoms with Crippen molar-refractivity contribution >= 4 is 28.7 Å². The summed E-state index contributed by atoms with van der Waals surface area (Å²) in [5.74, 6) is 0.839. The minimum atomic E-state index is -0.0247. The molecule has 6 nitrogen and oxygen atoms in total. The molecule has 27 heavy (non-hydrogen) atoms. The molecule has 3 aromatic rings. The van der Waals surface area contributed by atoms with Crippen LogP contribution in [0.15, 0.2) is 53.9 Å². The maximum atomic E-state index is 12.2. The first-order valence-electron chi connectivity index (χ1n) is 8.87. The number of aromatic nitrogens is 2. The predicted octanol–water partition coefficient (Wildman–Crippen LogP) is 3.22. The van der Waals surface area contributed by atoms with Gasteiger partial charge >= 0.3 is 0 Å². The molecule has 1 aromatic carbocycles. The van der Waals surface area contributed by atoms with E-state index in [0.29, 0.717) is 6.42 Å². The van der Waals surface area contributed by atoms with Crippen LogP contribution in [0.5, 0.6) is 0 Å². The van der Waals surface area contributed by atoms with Gasteiger partial charge in [-0.05, 0) is 35.7 Å². The monoisotopic (exact) mass is 380 g/mol. The fraction of sp³-hybridized carbons (Fsp3) is 0.250. The highest BCUT2D eigenvalue weighted by molar-refractivity contribution is 7.10. The van der Waals surface area contributed by atoms with Crippen molar-refractivity contribution in [3.8, 4) is 11.3 Å². The predicted molar refractivity (Wildman–Crippen MR) is 107 cm³/mol. The van der Waals surface area contributed by atoms with Gasteiger partial charge in [0.1, 0.15) is 0 Å². The third-order valence-corrected chi connectivity index (χ3v) is 5.22. The highest BCUT2D eigenvalue weighted by Crippen LogP contribution is 2.22. The molecule has 7 heteroatoms. The average Bonchev–Trinajstić information content (AvgIpc) is 3.22. The van der Waals surface area contributed by atoms with Crippen molar-refractivity contribution < 1.29 is 9.53 Å². The summed E-state index contributed by atoms with van der Waals surface area (Å²) in [5.41, 5.74) is 2.46. The number of hydrogen-bond donors (Lipinski definition) is 1. The van der Waals surface area contributed by atoms with E-state index in [2.05, 4.69) is 20.4 Å². The summed E-state index contributed by atoms with van der Waals surface area (Å²) in [7, 11) is 0. The van der Waals surface area contributed by atoms with Gasteiger partial charge in [0, 0.05) is 29.2 Å². The van der Waals surface area contributed by atoms with E-state index >= 15 is 0 Å². The Morgan fingerprint density at radius 1 is 1.11 bits per heavy atom. The van der Waals surface area contributed by atoms with Crippen LogP contribution < -0.4 is 10.2 Å². The molecule has 1 fully saturated rings. The Morgan fingerprint density at radius 3 is 2.74 bits per heavy atom. The van der Waals surface area contributed by atoms with Crippen LogP contribution in [0.4, 0.5) is 11.5 Å². The lowest BCUT2D eigenvalue weighted by molar-refractivity contribution is -0.115. The fourth-order valence-electron chi connectivity index (χ4n) is 2.97. The fourth-order valence-corrected chi connectivity index (χ4v) is 3.68. The van der Waals surface area contributed by atoms with Gasteiger partial charge in [0.05, 0.1) is 25.3 Å². The molecular formula is C20H20N4O2S. The number of hydrogen-bond acceptors (Lipinski definition) is 6. The molecule has 0 radical (unpaired) electrons. The molecule has 3 heterocycles. The number of benzene rings is 1. The molecule has 0 spiro atoms. The molecule has 0 unspecified atom stereocenters. The molecule has 1 amide bonds. The van der Waals surface area contributed by atoms with E-state index in [1.54, 1.807) is 11.3 Å². The van der Waals surface area contributed by atoms with Crippen molar-refractivity contribution in [1.29, 1.82) is 0 Å². The molecule has 1 N–H and O–H groups in total. The molecule has 2 aromatic heterocycles. The summed E-state index contributed by atoms with van der Waals surface area (Å²) < 4.78 is 5.37. The summed E-state index contributed by atoms with van der Waals surface area (Å²) in [6.07, 6.45) is 0.385. The molecule has 0 aliphatic carbocycles. The van der Waals surface area contributed by atoms with Crippen molar-refractivity contribution in [2.75, 3.05) is 36.5 Å². The maximum absolute atomic E-state index is 12.2. The Hall–Kier alpha value is -2.77. The summed E-state index contributed by atoms with van der Waals surface area (Å²) in [4.78, 5) is 15.4. The number of anilines is 2. The minimum absolute atomic E-state index is 0.0247. The first-order chi connectivity index (χ1) is 13.3. The SMILES string of the molecule is O=C(Cc1cccs1)Nc1cccc(-c2ccc(N3CCOCC3)nn2)c1. The lowest BCUT2D eigenvalue weighted by Crippen LogP contribution is -2.36. The molecule has 1 aliphatic heterocycles. The lowest BCUT2D eigenvalue weighted by atomic mass is 10.1. The Kier molecular flexibility index (Phi) is 5.41. The van der Waals surface area contributed by atoms with E-state index in [4.69, 9.17) is 4.74 Å². The van der Waals surface area contributed by atoms with Crippen LogP contribution >= 0.6 is 11.3 Å². The molecule has 0 saturated carbocycles. The number of thiophene rings is 1. The second kappa shape index (κ2) is 8.28. The molecule has 138 valence electrons. The first kappa shape index (κ1) is 17.6. The van der Waals surface area contributed by atoms with Gasteiger partial charge in [-0.2, -0.15) is 0 Å². The zero-order valence-electron chi connectivity index (χ0n) is 14.8. The molecule has 0 bridgehead atoms. The highest BCUT2D eigenvalue weighted by atomic mass is 32.1. The van der Waals surface area contributed by atoms with Crippen LogP contribution in [0.1, 0.15) is 4.88 Å². The van der Waals surface area contributed by atoms with E-state index in [1.165, 1.54) is 0 Å². The van der Waals surface area contributed by atoms with Gasteiger partial charge in [-0.1, -0.05) is 18.2 Å². The summed E-state index contributed by atoms with van der Waals surface area (Å²) >= 11 is 1.58. The van der Waals surface area contributed by atoms with E-state index in [9.17, 15) is 4.79 Å². The van der Waals surface area contributed by atoms with E-state index in [-0.39, 0.29) is 5.91 Å². The molecule has 4 rings (SSSR count). The van der Waals surface area contributed by atoms with Crippen LogP contribution in [0.3, 0.4) is 0 Å². The Bertz CT molecular complexity index is 891. The van der Waals surface area contributed by atoms with Crippen LogP contribution in [-0.4, -0.2) is 42.4 Å². The molecule has 1 aliphatic rings. The third-order valence-electron chi connectivity index (χ3n) is 4.34. The van der Waals surface area contributed by atoms with Crippen LogP contribution in [-0.2, 0) is 16.0 Å². The van der Waals surface area contributed by atoms with E-state index in [1.807, 2.05) is 53.9 Å². The number of carbonyl (C=O) groups excluding carboxylic acids is 1. The second-order valence-electron chi connectivity index (χ2n) is 6.26. The number of nitrogens with zero attached hydrogens (tertiary/aromatic N) is 3. The summed E-state index contributed by atoms with van der Waals surface area (Å²) in [6.45, 7) is 3.10. The lowest BCUT2D eigenvalue weighted by Gasteiger charge is -2.27. The number of nitrogens with one attached hydrogen (secondary N) is 1. The van der Waals surface area contributed by atoms with E-state index < -0.39 is 0 Å². The van der Waals surface area contributed by atoms with E-state index in [0.717, 1.165) is 53.9 Å². The van der Waals surface area contributed by atoms with Crippen molar-refractivity contribution in [2.45, 2.75) is 6.42 Å². The van der Waals surface area contributed by atoms with Crippen molar-refractivity contribution in [3.63, 3.8) is 0 Å². The largest absolute Gasteiger partial charge is 0.378 e. The number of rotatable bonds is 5. The smallest absolute Gasteiger partial charge is 0.229 e. The van der Waals surface area contributed by atoms with Gasteiger partial charge in [-0.3, -0.25) is 4.79 Å². The van der Waals surface area contributed by atoms with Gasteiger partial charge < -0.3 is 15.0 Å². The highest BCUT2D eigenvalue weighted by Gasteiger charge is 2.13. The third kappa shape index (κ3) is 4.50. The zero-order valence-corrected chi connectivity index (χ0v) is 15.6. The summed E-state index contributed by atoms with van der Waals surface area (Å²) in [5, 5.41) is 13.6. The zero-order chi connectivity index (χ0) is 18.5. The molecular weight excluding hydrogens is 360 g/mol.